The number of aryl methyl sites for hydroxylation is 1. The first-order chi connectivity index (χ1) is 11.3. The maximum atomic E-state index is 13.1. The van der Waals surface area contributed by atoms with E-state index in [1.807, 2.05) is 0 Å². The van der Waals surface area contributed by atoms with Gasteiger partial charge in [-0.2, -0.15) is 0 Å². The lowest BCUT2D eigenvalue weighted by molar-refractivity contribution is -0.115. The maximum Gasteiger partial charge on any atom is 0.238 e. The van der Waals surface area contributed by atoms with E-state index in [1.54, 1.807) is 19.9 Å². The number of nitrogens with one attached hydrogen (secondary N) is 2. The summed E-state index contributed by atoms with van der Waals surface area (Å²) < 4.78 is 30.7. The Balaban J connectivity index is 1.79. The number of rotatable bonds is 6. The number of thioether (sulfide) groups is 1. The molecule has 1 aromatic heterocycles. The molecule has 1 atom stereocenters. The molecule has 0 aliphatic heterocycles. The van der Waals surface area contributed by atoms with Crippen molar-refractivity contribution >= 4 is 35.1 Å². The summed E-state index contributed by atoms with van der Waals surface area (Å²) in [7, 11) is 0. The van der Waals surface area contributed by atoms with E-state index < -0.39 is 22.8 Å². The predicted octanol–water partition coefficient (Wildman–Crippen LogP) is 2.96. The van der Waals surface area contributed by atoms with Crippen molar-refractivity contribution in [3.8, 4) is 0 Å². The van der Waals surface area contributed by atoms with E-state index in [2.05, 4.69) is 15.8 Å². The van der Waals surface area contributed by atoms with Crippen LogP contribution in [-0.4, -0.2) is 28.0 Å². The molecule has 6 nitrogen and oxygen atoms in total. The highest BCUT2D eigenvalue weighted by Gasteiger charge is 2.17. The van der Waals surface area contributed by atoms with Crippen LogP contribution in [0.3, 0.4) is 0 Å². The van der Waals surface area contributed by atoms with Crippen molar-refractivity contribution in [2.75, 3.05) is 16.4 Å². The van der Waals surface area contributed by atoms with E-state index in [-0.39, 0.29) is 17.3 Å². The fourth-order valence-corrected chi connectivity index (χ4v) is 2.38. The quantitative estimate of drug-likeness (QED) is 0.832. The van der Waals surface area contributed by atoms with Crippen LogP contribution in [0.1, 0.15) is 12.7 Å². The molecule has 0 radical (unpaired) electrons. The Labute approximate surface area is 141 Å². The summed E-state index contributed by atoms with van der Waals surface area (Å²) >= 11 is 1.09. The number of carbonyl (C=O) groups is 2. The number of hydrogen-bond donors (Lipinski definition) is 2. The van der Waals surface area contributed by atoms with Crippen molar-refractivity contribution in [1.82, 2.24) is 5.16 Å². The van der Waals surface area contributed by atoms with Crippen LogP contribution >= 0.6 is 11.8 Å². The minimum absolute atomic E-state index is 0.0224. The highest BCUT2D eigenvalue weighted by atomic mass is 32.2. The third-order valence-electron chi connectivity index (χ3n) is 2.92. The molecule has 0 bridgehead atoms. The standard InChI is InChI=1S/C15H15F2N3O3S/c1-8-5-13(20-23-8)19-15(22)9(2)24-7-14(21)18-10-3-4-11(16)12(17)6-10/h3-6,9H,7H2,1-2H3,(H,18,21)(H,19,20,22). The molecule has 2 rings (SSSR count). The second-order valence-electron chi connectivity index (χ2n) is 4.94. The summed E-state index contributed by atoms with van der Waals surface area (Å²) in [5.74, 6) is -1.94. The zero-order valence-electron chi connectivity index (χ0n) is 12.9. The van der Waals surface area contributed by atoms with Crippen LogP contribution in [0.15, 0.2) is 28.8 Å². The molecule has 0 saturated carbocycles. The molecule has 24 heavy (non-hydrogen) atoms. The smallest absolute Gasteiger partial charge is 0.238 e. The van der Waals surface area contributed by atoms with E-state index in [0.29, 0.717) is 11.6 Å². The minimum Gasteiger partial charge on any atom is -0.360 e. The second-order valence-corrected chi connectivity index (χ2v) is 6.27. The molecule has 0 saturated heterocycles. The molecule has 0 aliphatic carbocycles. The van der Waals surface area contributed by atoms with Crippen molar-refractivity contribution in [3.63, 3.8) is 0 Å². The first kappa shape index (κ1) is 17.9. The minimum atomic E-state index is -1.05. The topological polar surface area (TPSA) is 84.2 Å². The Morgan fingerprint density at radius 2 is 2.00 bits per heavy atom. The van der Waals surface area contributed by atoms with E-state index in [0.717, 1.165) is 23.9 Å². The van der Waals surface area contributed by atoms with Crippen LogP contribution in [0.2, 0.25) is 0 Å². The van der Waals surface area contributed by atoms with E-state index >= 15 is 0 Å². The van der Waals surface area contributed by atoms with Crippen LogP contribution in [-0.2, 0) is 9.59 Å². The zero-order valence-corrected chi connectivity index (χ0v) is 13.7. The fraction of sp³-hybridized carbons (Fsp3) is 0.267. The number of carbonyl (C=O) groups excluding carboxylic acids is 2. The summed E-state index contributed by atoms with van der Waals surface area (Å²) in [6, 6.07) is 4.64. The van der Waals surface area contributed by atoms with Gasteiger partial charge in [-0.05, 0) is 26.0 Å². The third kappa shape index (κ3) is 5.05. The molecule has 9 heteroatoms. The molecule has 1 heterocycles. The molecule has 2 N–H and O–H groups in total. The van der Waals surface area contributed by atoms with Gasteiger partial charge in [0.15, 0.2) is 17.5 Å². The first-order valence-corrected chi connectivity index (χ1v) is 8.00. The Hall–Kier alpha value is -2.42. The fourth-order valence-electron chi connectivity index (χ4n) is 1.70. The highest BCUT2D eigenvalue weighted by Crippen LogP contribution is 2.16. The highest BCUT2D eigenvalue weighted by molar-refractivity contribution is 8.01. The van der Waals surface area contributed by atoms with Gasteiger partial charge in [0.2, 0.25) is 11.8 Å². The van der Waals surface area contributed by atoms with Crippen molar-refractivity contribution in [1.29, 1.82) is 0 Å². The van der Waals surface area contributed by atoms with Crippen LogP contribution in [0, 0.1) is 18.6 Å². The van der Waals surface area contributed by atoms with Gasteiger partial charge in [-0.15, -0.1) is 11.8 Å². The maximum absolute atomic E-state index is 13.1. The molecular weight excluding hydrogens is 340 g/mol. The van der Waals surface area contributed by atoms with Crippen LogP contribution < -0.4 is 10.6 Å². The van der Waals surface area contributed by atoms with Crippen LogP contribution in [0.25, 0.3) is 0 Å². The largest absolute Gasteiger partial charge is 0.360 e. The lowest BCUT2D eigenvalue weighted by atomic mass is 10.3. The lowest BCUT2D eigenvalue weighted by Crippen LogP contribution is -2.25. The van der Waals surface area contributed by atoms with E-state index in [1.165, 1.54) is 6.07 Å². The molecule has 1 unspecified atom stereocenters. The average Bonchev–Trinajstić information content (AvgIpc) is 2.93. The molecule has 0 fully saturated rings. The van der Waals surface area contributed by atoms with Crippen molar-refractivity contribution in [2.45, 2.75) is 19.1 Å². The van der Waals surface area contributed by atoms with Gasteiger partial charge in [0.25, 0.3) is 0 Å². The SMILES string of the molecule is Cc1cc(NC(=O)C(C)SCC(=O)Nc2ccc(F)c(F)c2)no1. The van der Waals surface area contributed by atoms with E-state index in [4.69, 9.17) is 4.52 Å². The Kier molecular flexibility index (Phi) is 5.91. The molecule has 2 amide bonds. The Bertz CT molecular complexity index is 751. The van der Waals surface area contributed by atoms with Crippen LogP contribution in [0.5, 0.6) is 0 Å². The Morgan fingerprint density at radius 1 is 1.25 bits per heavy atom. The first-order valence-electron chi connectivity index (χ1n) is 6.96. The molecule has 0 spiro atoms. The molecule has 0 aliphatic rings. The van der Waals surface area contributed by atoms with Gasteiger partial charge in [0.05, 0.1) is 11.0 Å². The molecule has 128 valence electrons. The van der Waals surface area contributed by atoms with Gasteiger partial charge in [-0.25, -0.2) is 8.78 Å². The summed E-state index contributed by atoms with van der Waals surface area (Å²) in [6.45, 7) is 3.33. The normalized spacial score (nSPS) is 11.8. The molecule has 1 aromatic carbocycles. The zero-order chi connectivity index (χ0) is 17.7. The second kappa shape index (κ2) is 7.91. The van der Waals surface area contributed by atoms with Gasteiger partial charge in [-0.1, -0.05) is 5.16 Å². The lowest BCUT2D eigenvalue weighted by Gasteiger charge is -2.10. The number of amides is 2. The van der Waals surface area contributed by atoms with Gasteiger partial charge >= 0.3 is 0 Å². The van der Waals surface area contributed by atoms with Crippen LogP contribution in [0.4, 0.5) is 20.3 Å². The number of aromatic nitrogens is 1. The van der Waals surface area contributed by atoms with Gasteiger partial charge in [0, 0.05) is 17.8 Å². The number of halogens is 2. The number of hydrogen-bond acceptors (Lipinski definition) is 5. The molecular formula is C15H15F2N3O3S. The summed E-state index contributed by atoms with van der Waals surface area (Å²) in [6.07, 6.45) is 0. The number of anilines is 2. The summed E-state index contributed by atoms with van der Waals surface area (Å²) in [5.41, 5.74) is 0.148. The van der Waals surface area contributed by atoms with Crippen molar-refractivity contribution in [2.24, 2.45) is 0 Å². The average molecular weight is 355 g/mol. The number of benzene rings is 1. The van der Waals surface area contributed by atoms with Gasteiger partial charge < -0.3 is 15.2 Å². The van der Waals surface area contributed by atoms with Crippen molar-refractivity contribution < 1.29 is 22.9 Å². The van der Waals surface area contributed by atoms with Gasteiger partial charge in [0.1, 0.15) is 5.76 Å². The predicted molar refractivity (Wildman–Crippen MR) is 86.8 cm³/mol. The third-order valence-corrected chi connectivity index (χ3v) is 4.06. The monoisotopic (exact) mass is 355 g/mol. The Morgan fingerprint density at radius 3 is 2.62 bits per heavy atom. The summed E-state index contributed by atoms with van der Waals surface area (Å²) in [5, 5.41) is 8.12. The molecule has 2 aromatic rings. The van der Waals surface area contributed by atoms with Gasteiger partial charge in [-0.3, -0.25) is 9.59 Å². The number of nitrogens with zero attached hydrogens (tertiary/aromatic N) is 1. The summed E-state index contributed by atoms with van der Waals surface area (Å²) in [4.78, 5) is 23.7. The van der Waals surface area contributed by atoms with Crippen molar-refractivity contribution in [3.05, 3.63) is 41.7 Å². The van der Waals surface area contributed by atoms with E-state index in [9.17, 15) is 18.4 Å².